The predicted octanol–water partition coefficient (Wildman–Crippen LogP) is 3.76. The minimum Gasteiger partial charge on any atom is -0.346 e. The van der Waals surface area contributed by atoms with Crippen LogP contribution in [-0.2, 0) is 4.79 Å². The Kier molecular flexibility index (Phi) is 3.58. The molecule has 1 amide bonds. The van der Waals surface area contributed by atoms with E-state index in [4.69, 9.17) is 0 Å². The third-order valence-corrected chi connectivity index (χ3v) is 3.71. The molecule has 7 heteroatoms. The number of hydrogen-bond acceptors (Lipinski definition) is 1. The number of benzene rings is 2. The van der Waals surface area contributed by atoms with Crippen LogP contribution in [0.2, 0.25) is 0 Å². The quantitative estimate of drug-likeness (QED) is 0.836. The molecule has 2 aromatic rings. The average molecular weight is 327 g/mol. The highest BCUT2D eigenvalue weighted by atomic mass is 19.4. The molecule has 120 valence electrons. The zero-order chi connectivity index (χ0) is 16.8. The third kappa shape index (κ3) is 2.67. The molecule has 1 N–H and O–H groups in total. The second-order valence-corrected chi connectivity index (χ2v) is 5.18. The molecular formula is C16H10F5NO. The van der Waals surface area contributed by atoms with Crippen LogP contribution in [0, 0.1) is 11.6 Å². The van der Waals surface area contributed by atoms with Crippen LogP contribution in [0.5, 0.6) is 0 Å². The van der Waals surface area contributed by atoms with Crippen molar-refractivity contribution in [1.82, 2.24) is 5.32 Å². The molecule has 0 heterocycles. The highest BCUT2D eigenvalue weighted by Gasteiger charge is 2.38. The number of amides is 1. The van der Waals surface area contributed by atoms with Crippen LogP contribution < -0.4 is 5.32 Å². The molecule has 2 nitrogen and oxygen atoms in total. The molecule has 2 aromatic carbocycles. The molecule has 0 saturated heterocycles. The Morgan fingerprint density at radius 2 is 1.74 bits per heavy atom. The second kappa shape index (κ2) is 5.33. The first-order valence-corrected chi connectivity index (χ1v) is 6.71. The van der Waals surface area contributed by atoms with Gasteiger partial charge in [-0.05, 0) is 22.8 Å². The van der Waals surface area contributed by atoms with Crippen LogP contribution >= 0.6 is 0 Å². The number of nitrogens with one attached hydrogen (secondary N) is 1. The van der Waals surface area contributed by atoms with Gasteiger partial charge in [0.05, 0.1) is 5.92 Å². The Morgan fingerprint density at radius 1 is 1.04 bits per heavy atom. The molecule has 1 aliphatic carbocycles. The fourth-order valence-corrected chi connectivity index (χ4v) is 2.79. The van der Waals surface area contributed by atoms with Crippen molar-refractivity contribution >= 4 is 5.91 Å². The summed E-state index contributed by atoms with van der Waals surface area (Å²) in [7, 11) is 0. The van der Waals surface area contributed by atoms with Gasteiger partial charge in [-0.1, -0.05) is 30.3 Å². The van der Waals surface area contributed by atoms with Crippen molar-refractivity contribution in [1.29, 1.82) is 0 Å². The van der Waals surface area contributed by atoms with Crippen LogP contribution in [0.15, 0.2) is 36.4 Å². The first-order valence-electron chi connectivity index (χ1n) is 6.71. The van der Waals surface area contributed by atoms with Crippen LogP contribution in [0.4, 0.5) is 22.0 Å². The molecule has 1 aliphatic rings. The summed E-state index contributed by atoms with van der Waals surface area (Å²) in [6, 6.07) is 8.63. The van der Waals surface area contributed by atoms with Crippen molar-refractivity contribution in [2.45, 2.75) is 12.1 Å². The fraction of sp³-hybridized carbons (Fsp3) is 0.188. The topological polar surface area (TPSA) is 29.1 Å². The minimum absolute atomic E-state index is 0.231. The number of rotatable bonds is 2. The van der Waals surface area contributed by atoms with E-state index in [9.17, 15) is 26.7 Å². The maximum absolute atomic E-state index is 14.2. The van der Waals surface area contributed by atoms with Crippen molar-refractivity contribution in [2.75, 3.05) is 6.54 Å². The standard InChI is InChI=1S/C16H10F5NO/c17-11-6-5-10-8-3-1-2-4-9(8)13(12(10)14(11)18)15(23)22-7-16(19,20)21/h1-6,13H,7H2,(H,22,23). The Bertz CT molecular complexity index is 785. The average Bonchev–Trinajstić information content (AvgIpc) is 2.83. The first kappa shape index (κ1) is 15.5. The number of hydrogen-bond donors (Lipinski definition) is 1. The minimum atomic E-state index is -4.59. The molecule has 23 heavy (non-hydrogen) atoms. The summed E-state index contributed by atoms with van der Waals surface area (Å²) in [4.78, 5) is 12.2. The summed E-state index contributed by atoms with van der Waals surface area (Å²) in [6.07, 6.45) is -4.59. The van der Waals surface area contributed by atoms with Gasteiger partial charge in [0, 0.05) is 5.56 Å². The number of carbonyl (C=O) groups excluding carboxylic acids is 1. The van der Waals surface area contributed by atoms with E-state index in [1.54, 1.807) is 23.5 Å². The Balaban J connectivity index is 2.07. The van der Waals surface area contributed by atoms with Crippen molar-refractivity contribution in [3.63, 3.8) is 0 Å². The van der Waals surface area contributed by atoms with Crippen molar-refractivity contribution in [2.24, 2.45) is 0 Å². The molecule has 0 radical (unpaired) electrons. The number of fused-ring (bicyclic) bond motifs is 3. The highest BCUT2D eigenvalue weighted by molar-refractivity contribution is 5.96. The molecule has 0 saturated carbocycles. The maximum Gasteiger partial charge on any atom is 0.405 e. The zero-order valence-corrected chi connectivity index (χ0v) is 11.5. The molecule has 0 fully saturated rings. The van der Waals surface area contributed by atoms with E-state index < -0.39 is 36.2 Å². The number of alkyl halides is 3. The van der Waals surface area contributed by atoms with Gasteiger partial charge in [0.25, 0.3) is 0 Å². The zero-order valence-electron chi connectivity index (χ0n) is 11.5. The molecule has 0 aromatic heterocycles. The third-order valence-electron chi connectivity index (χ3n) is 3.71. The summed E-state index contributed by atoms with van der Waals surface area (Å²) >= 11 is 0. The first-order chi connectivity index (χ1) is 10.8. The van der Waals surface area contributed by atoms with Crippen LogP contribution in [0.1, 0.15) is 17.0 Å². The Labute approximate surface area is 127 Å². The molecule has 0 bridgehead atoms. The highest BCUT2D eigenvalue weighted by Crippen LogP contribution is 2.46. The van der Waals surface area contributed by atoms with Gasteiger partial charge in [-0.3, -0.25) is 4.79 Å². The molecule has 1 atom stereocenters. The van der Waals surface area contributed by atoms with Crippen LogP contribution in [0.3, 0.4) is 0 Å². The van der Waals surface area contributed by atoms with Crippen molar-refractivity contribution in [3.8, 4) is 11.1 Å². The van der Waals surface area contributed by atoms with E-state index in [-0.39, 0.29) is 5.56 Å². The van der Waals surface area contributed by atoms with Gasteiger partial charge < -0.3 is 5.32 Å². The monoisotopic (exact) mass is 327 g/mol. The van der Waals surface area contributed by atoms with Crippen molar-refractivity contribution < 1.29 is 26.7 Å². The lowest BCUT2D eigenvalue weighted by atomic mass is 9.95. The smallest absolute Gasteiger partial charge is 0.346 e. The van der Waals surface area contributed by atoms with Gasteiger partial charge in [0.1, 0.15) is 6.54 Å². The SMILES string of the molecule is O=C(NCC(F)(F)F)C1c2ccccc2-c2ccc(F)c(F)c21. The predicted molar refractivity (Wildman–Crippen MR) is 72.7 cm³/mol. The van der Waals surface area contributed by atoms with E-state index in [2.05, 4.69) is 0 Å². The molecule has 0 spiro atoms. The normalized spacial score (nSPS) is 16.0. The lowest BCUT2D eigenvalue weighted by Gasteiger charge is -2.15. The van der Waals surface area contributed by atoms with Gasteiger partial charge in [-0.15, -0.1) is 0 Å². The van der Waals surface area contributed by atoms with Gasteiger partial charge in [-0.25, -0.2) is 8.78 Å². The van der Waals surface area contributed by atoms with E-state index >= 15 is 0 Å². The lowest BCUT2D eigenvalue weighted by molar-refractivity contribution is -0.138. The summed E-state index contributed by atoms with van der Waals surface area (Å²) in [5.74, 6) is -4.69. The molecule has 1 unspecified atom stereocenters. The summed E-state index contributed by atoms with van der Waals surface area (Å²) in [5, 5.41) is 1.74. The van der Waals surface area contributed by atoms with Crippen LogP contribution in [0.25, 0.3) is 11.1 Å². The van der Waals surface area contributed by atoms with E-state index in [1.165, 1.54) is 12.1 Å². The fourth-order valence-electron chi connectivity index (χ4n) is 2.79. The summed E-state index contributed by atoms with van der Waals surface area (Å²) in [6.45, 7) is -1.53. The van der Waals surface area contributed by atoms with E-state index in [1.807, 2.05) is 0 Å². The van der Waals surface area contributed by atoms with Gasteiger partial charge >= 0.3 is 6.18 Å². The van der Waals surface area contributed by atoms with Crippen LogP contribution in [-0.4, -0.2) is 18.6 Å². The van der Waals surface area contributed by atoms with E-state index in [0.29, 0.717) is 16.7 Å². The largest absolute Gasteiger partial charge is 0.405 e. The Hall–Kier alpha value is -2.44. The summed E-state index contributed by atoms with van der Waals surface area (Å²) < 4.78 is 64.6. The van der Waals surface area contributed by atoms with Gasteiger partial charge in [0.15, 0.2) is 11.6 Å². The second-order valence-electron chi connectivity index (χ2n) is 5.18. The van der Waals surface area contributed by atoms with Crippen molar-refractivity contribution in [3.05, 3.63) is 59.2 Å². The molecule has 0 aliphatic heterocycles. The van der Waals surface area contributed by atoms with Gasteiger partial charge in [-0.2, -0.15) is 13.2 Å². The number of carbonyl (C=O) groups is 1. The lowest BCUT2D eigenvalue weighted by Crippen LogP contribution is -2.37. The Morgan fingerprint density at radius 3 is 2.43 bits per heavy atom. The molecule has 3 rings (SSSR count). The van der Waals surface area contributed by atoms with E-state index in [0.717, 1.165) is 6.07 Å². The summed E-state index contributed by atoms with van der Waals surface area (Å²) in [5.41, 5.74) is 0.942. The van der Waals surface area contributed by atoms with Gasteiger partial charge in [0.2, 0.25) is 5.91 Å². The maximum atomic E-state index is 14.2. The number of halogens is 5. The molecular weight excluding hydrogens is 317 g/mol.